The summed E-state index contributed by atoms with van der Waals surface area (Å²) in [5.74, 6) is 1.28. The number of aliphatic hydroxyl groups is 3. The number of fused-ring (bicyclic) bond motifs is 5. The zero-order valence-electron chi connectivity index (χ0n) is 22.9. The number of hydrogen-bond donors (Lipinski definition) is 3. The van der Waals surface area contributed by atoms with Crippen molar-refractivity contribution in [2.75, 3.05) is 0 Å². The van der Waals surface area contributed by atoms with E-state index in [0.717, 1.165) is 38.5 Å². The molecule has 0 aliphatic heterocycles. The fraction of sp³-hybridized carbons (Fsp3) is 0.900. The van der Waals surface area contributed by atoms with Gasteiger partial charge in [0.05, 0.1) is 17.3 Å². The van der Waals surface area contributed by atoms with Crippen LogP contribution in [0.25, 0.3) is 0 Å². The zero-order valence-corrected chi connectivity index (χ0v) is 22.9. The third kappa shape index (κ3) is 3.68. The van der Waals surface area contributed by atoms with Crippen LogP contribution in [0.1, 0.15) is 107 Å². The maximum absolute atomic E-state index is 12.9. The molecule has 1 unspecified atom stereocenters. The summed E-state index contributed by atoms with van der Waals surface area (Å²) in [6.45, 7) is 17.0. The third-order valence-corrected chi connectivity index (χ3v) is 12.0. The highest BCUT2D eigenvalue weighted by molar-refractivity contribution is 5.85. The van der Waals surface area contributed by atoms with Gasteiger partial charge in [0.2, 0.25) is 0 Å². The Kier molecular flexibility index (Phi) is 6.12. The molecule has 4 fully saturated rings. The van der Waals surface area contributed by atoms with Gasteiger partial charge in [0.25, 0.3) is 0 Å². The number of rotatable bonds is 4. The quantitative estimate of drug-likeness (QED) is 0.458. The first-order valence-electron chi connectivity index (χ1n) is 13.7. The number of carbonyl (C=O) groups excluding carboxylic acids is 1. The van der Waals surface area contributed by atoms with Gasteiger partial charge in [-0.3, -0.25) is 4.79 Å². The van der Waals surface area contributed by atoms with Crippen LogP contribution in [-0.4, -0.2) is 38.4 Å². The molecule has 0 bridgehead atoms. The van der Waals surface area contributed by atoms with Crippen molar-refractivity contribution in [2.45, 2.75) is 124 Å². The molecule has 0 heterocycles. The van der Waals surface area contributed by atoms with Crippen molar-refractivity contribution >= 4 is 5.78 Å². The molecule has 4 rings (SSSR count). The van der Waals surface area contributed by atoms with E-state index in [1.165, 1.54) is 0 Å². The number of carbonyl (C=O) groups is 1. The molecule has 0 aromatic rings. The Morgan fingerprint density at radius 2 is 1.56 bits per heavy atom. The van der Waals surface area contributed by atoms with Gasteiger partial charge >= 0.3 is 0 Å². The van der Waals surface area contributed by atoms with Crippen LogP contribution in [0.4, 0.5) is 0 Å². The number of ketones is 1. The largest absolute Gasteiger partial charge is 0.393 e. The molecule has 4 saturated carbocycles. The van der Waals surface area contributed by atoms with Crippen molar-refractivity contribution in [1.29, 1.82) is 0 Å². The molecule has 0 radical (unpaired) electrons. The highest BCUT2D eigenvalue weighted by Crippen LogP contribution is 2.75. The summed E-state index contributed by atoms with van der Waals surface area (Å²) in [6, 6.07) is 0. The number of hydrogen-bond acceptors (Lipinski definition) is 4. The lowest BCUT2D eigenvalue weighted by Gasteiger charge is -2.69. The molecule has 0 spiro atoms. The van der Waals surface area contributed by atoms with Crippen molar-refractivity contribution < 1.29 is 20.1 Å². The summed E-state index contributed by atoms with van der Waals surface area (Å²) < 4.78 is 0. The number of aliphatic hydroxyl groups excluding tert-OH is 1. The molecule has 4 aliphatic carbocycles. The van der Waals surface area contributed by atoms with Gasteiger partial charge in [-0.15, -0.1) is 0 Å². The standard InChI is InChI=1S/C30H50O4/c1-25(2,33)13-9-14-30(8,34)19-10-16-29(7)24(19)20(31)18-22-27(5)15-12-23(32)26(3,4)21(27)11-17-28(22,29)6/h9,13,19-22,24,31,33-34H,10-12,14-18H2,1-8H3/t19-,20-,21?,22+,24+,27-,28+,29-,30-/m0/s1. The summed E-state index contributed by atoms with van der Waals surface area (Å²) in [4.78, 5) is 12.9. The van der Waals surface area contributed by atoms with Crippen molar-refractivity contribution in [3.63, 3.8) is 0 Å². The second-order valence-corrected chi connectivity index (χ2v) is 14.7. The zero-order chi connectivity index (χ0) is 25.5. The van der Waals surface area contributed by atoms with Crippen LogP contribution in [0.3, 0.4) is 0 Å². The van der Waals surface area contributed by atoms with Gasteiger partial charge in [-0.25, -0.2) is 0 Å². The summed E-state index contributed by atoms with van der Waals surface area (Å²) in [6.07, 6.45) is 10.2. The topological polar surface area (TPSA) is 77.8 Å². The van der Waals surface area contributed by atoms with Gasteiger partial charge in [-0.2, -0.15) is 0 Å². The van der Waals surface area contributed by atoms with Crippen LogP contribution >= 0.6 is 0 Å². The Morgan fingerprint density at radius 3 is 2.18 bits per heavy atom. The molecule has 0 saturated heterocycles. The molecule has 4 heteroatoms. The minimum Gasteiger partial charge on any atom is -0.393 e. The highest BCUT2D eigenvalue weighted by Gasteiger charge is 2.71. The van der Waals surface area contributed by atoms with E-state index in [1.807, 2.05) is 13.0 Å². The molecular weight excluding hydrogens is 424 g/mol. The summed E-state index contributed by atoms with van der Waals surface area (Å²) >= 11 is 0. The lowest BCUT2D eigenvalue weighted by Crippen LogP contribution is -2.66. The molecule has 194 valence electrons. The van der Waals surface area contributed by atoms with Crippen LogP contribution < -0.4 is 0 Å². The predicted octanol–water partition coefficient (Wildman–Crippen LogP) is 5.68. The van der Waals surface area contributed by atoms with Crippen molar-refractivity contribution in [3.05, 3.63) is 12.2 Å². The van der Waals surface area contributed by atoms with E-state index in [2.05, 4.69) is 34.6 Å². The van der Waals surface area contributed by atoms with E-state index >= 15 is 0 Å². The summed E-state index contributed by atoms with van der Waals surface area (Å²) in [7, 11) is 0. The highest BCUT2D eigenvalue weighted by atomic mass is 16.3. The first-order valence-corrected chi connectivity index (χ1v) is 13.7. The molecular formula is C30H50O4. The molecule has 0 aromatic carbocycles. The maximum Gasteiger partial charge on any atom is 0.138 e. The number of Topliss-reactive ketones (excluding diaryl/α,β-unsaturated/α-hetero) is 1. The van der Waals surface area contributed by atoms with Gasteiger partial charge < -0.3 is 15.3 Å². The minimum atomic E-state index is -0.922. The first kappa shape index (κ1) is 26.4. The van der Waals surface area contributed by atoms with E-state index in [0.29, 0.717) is 30.5 Å². The average molecular weight is 475 g/mol. The van der Waals surface area contributed by atoms with Crippen LogP contribution in [0.15, 0.2) is 12.2 Å². The second kappa shape index (κ2) is 7.89. The van der Waals surface area contributed by atoms with Gasteiger partial charge in [-0.1, -0.05) is 46.8 Å². The fourth-order valence-electron chi connectivity index (χ4n) is 9.99. The van der Waals surface area contributed by atoms with E-state index < -0.39 is 17.3 Å². The lowest BCUT2D eigenvalue weighted by atomic mass is 9.35. The maximum atomic E-state index is 12.9. The smallest absolute Gasteiger partial charge is 0.138 e. The Bertz CT molecular complexity index is 850. The minimum absolute atomic E-state index is 0.0339. The van der Waals surface area contributed by atoms with Crippen molar-refractivity contribution in [1.82, 2.24) is 0 Å². The van der Waals surface area contributed by atoms with E-state index in [-0.39, 0.29) is 33.5 Å². The van der Waals surface area contributed by atoms with E-state index in [4.69, 9.17) is 0 Å². The molecule has 9 atom stereocenters. The van der Waals surface area contributed by atoms with Crippen LogP contribution in [0, 0.1) is 45.3 Å². The average Bonchev–Trinajstić information content (AvgIpc) is 3.07. The summed E-state index contributed by atoms with van der Waals surface area (Å²) in [5, 5.41) is 33.4. The van der Waals surface area contributed by atoms with E-state index in [9.17, 15) is 20.1 Å². The normalized spacial score (nSPS) is 48.2. The van der Waals surface area contributed by atoms with Crippen molar-refractivity contribution in [2.24, 2.45) is 45.3 Å². The monoisotopic (exact) mass is 474 g/mol. The van der Waals surface area contributed by atoms with Gasteiger partial charge in [0.15, 0.2) is 0 Å². The van der Waals surface area contributed by atoms with Gasteiger partial charge in [-0.05, 0) is 106 Å². The fourth-order valence-corrected chi connectivity index (χ4v) is 9.99. The molecule has 3 N–H and O–H groups in total. The van der Waals surface area contributed by atoms with Crippen molar-refractivity contribution in [3.8, 4) is 0 Å². The third-order valence-electron chi connectivity index (χ3n) is 12.0. The molecule has 0 amide bonds. The van der Waals surface area contributed by atoms with Crippen LogP contribution in [-0.2, 0) is 4.79 Å². The van der Waals surface area contributed by atoms with Crippen LogP contribution in [0.2, 0.25) is 0 Å². The molecule has 0 aromatic heterocycles. The Morgan fingerprint density at radius 1 is 0.941 bits per heavy atom. The predicted molar refractivity (Wildman–Crippen MR) is 136 cm³/mol. The Labute approximate surface area is 207 Å². The lowest BCUT2D eigenvalue weighted by molar-refractivity contribution is -0.232. The molecule has 4 nitrogen and oxygen atoms in total. The SMILES string of the molecule is CC(C)(O)C=CC[C@](C)(O)[C@H]1CC[C@@]2(C)[C@H]1[C@@H](O)C[C@@H]1[C@@]3(C)CCC(=O)C(C)(C)C3CC[C@]12C. The van der Waals surface area contributed by atoms with Gasteiger partial charge in [0.1, 0.15) is 5.78 Å². The van der Waals surface area contributed by atoms with Crippen LogP contribution in [0.5, 0.6) is 0 Å². The Balaban J connectivity index is 1.66. The Hall–Kier alpha value is -0.710. The van der Waals surface area contributed by atoms with E-state index in [1.54, 1.807) is 19.9 Å². The molecule has 34 heavy (non-hydrogen) atoms. The van der Waals surface area contributed by atoms with Gasteiger partial charge in [0, 0.05) is 11.8 Å². The second-order valence-electron chi connectivity index (χ2n) is 14.7. The molecule has 4 aliphatic rings. The first-order chi connectivity index (χ1) is 15.4. The summed E-state index contributed by atoms with van der Waals surface area (Å²) in [5.41, 5.74) is -1.99.